The van der Waals surface area contributed by atoms with Gasteiger partial charge in [0.15, 0.2) is 0 Å². The Labute approximate surface area is 141 Å². The number of piperidine rings is 1. The molecule has 2 fully saturated rings. The average molecular weight is 339 g/mol. The van der Waals surface area contributed by atoms with Crippen molar-refractivity contribution in [2.75, 3.05) is 51.3 Å². The monoisotopic (exact) mass is 339 g/mol. The van der Waals surface area contributed by atoms with Gasteiger partial charge in [0.25, 0.3) is 0 Å². The molecule has 0 atom stereocenters. The van der Waals surface area contributed by atoms with E-state index in [0.29, 0.717) is 5.91 Å². The van der Waals surface area contributed by atoms with Crippen LogP contribution in [0, 0.1) is 5.92 Å². The summed E-state index contributed by atoms with van der Waals surface area (Å²) in [6.45, 7) is 7.02. The highest BCUT2D eigenvalue weighted by Gasteiger charge is 2.31. The standard InChI is InChI=1S/C15H25N5O2S/c1-3-13-16-15(23-17-13)19-10-8-18(9-11-19)14(21)12-4-6-20(22-2)7-5-12/h12H,3-11H2,1-2H3. The highest BCUT2D eigenvalue weighted by Crippen LogP contribution is 2.23. The first-order chi connectivity index (χ1) is 11.2. The molecule has 0 radical (unpaired) electrons. The van der Waals surface area contributed by atoms with Crippen LogP contribution in [0.2, 0.25) is 0 Å². The Morgan fingerprint density at radius 2 is 1.91 bits per heavy atom. The van der Waals surface area contributed by atoms with E-state index in [9.17, 15) is 4.79 Å². The molecular formula is C15H25N5O2S. The molecule has 0 aliphatic carbocycles. The molecule has 2 aliphatic heterocycles. The summed E-state index contributed by atoms with van der Waals surface area (Å²) in [6.07, 6.45) is 2.65. The van der Waals surface area contributed by atoms with E-state index in [1.807, 2.05) is 9.96 Å². The van der Waals surface area contributed by atoms with Crippen molar-refractivity contribution in [3.63, 3.8) is 0 Å². The molecule has 128 valence electrons. The lowest BCUT2D eigenvalue weighted by molar-refractivity contribution is -0.158. The van der Waals surface area contributed by atoms with Crippen LogP contribution in [0.1, 0.15) is 25.6 Å². The molecule has 1 amide bonds. The zero-order valence-corrected chi connectivity index (χ0v) is 14.7. The topological polar surface area (TPSA) is 61.8 Å². The molecule has 0 unspecified atom stereocenters. The largest absolute Gasteiger partial charge is 0.343 e. The van der Waals surface area contributed by atoms with Crippen LogP contribution in [-0.4, -0.2) is 71.6 Å². The number of carbonyl (C=O) groups is 1. The molecule has 1 aromatic heterocycles. The van der Waals surface area contributed by atoms with Gasteiger partial charge in [-0.25, -0.2) is 4.98 Å². The number of anilines is 1. The van der Waals surface area contributed by atoms with Gasteiger partial charge < -0.3 is 14.6 Å². The number of carbonyl (C=O) groups excluding carboxylic acids is 1. The van der Waals surface area contributed by atoms with E-state index in [1.165, 1.54) is 11.5 Å². The molecule has 0 spiro atoms. The smallest absolute Gasteiger partial charge is 0.225 e. The van der Waals surface area contributed by atoms with Crippen LogP contribution in [0.4, 0.5) is 5.13 Å². The summed E-state index contributed by atoms with van der Waals surface area (Å²) >= 11 is 1.46. The normalized spacial score (nSPS) is 21.0. The molecule has 0 bridgehead atoms. The molecule has 0 aromatic carbocycles. The van der Waals surface area contributed by atoms with Crippen molar-refractivity contribution >= 4 is 22.6 Å². The number of aromatic nitrogens is 2. The molecule has 23 heavy (non-hydrogen) atoms. The van der Waals surface area contributed by atoms with Crippen LogP contribution in [0.15, 0.2) is 0 Å². The predicted molar refractivity (Wildman–Crippen MR) is 89.4 cm³/mol. The minimum absolute atomic E-state index is 0.154. The number of hydrogen-bond donors (Lipinski definition) is 0. The van der Waals surface area contributed by atoms with Gasteiger partial charge in [-0.3, -0.25) is 4.79 Å². The predicted octanol–water partition coefficient (Wildman–Crippen LogP) is 1.02. The Hall–Kier alpha value is -1.25. The molecule has 3 rings (SSSR count). The summed E-state index contributed by atoms with van der Waals surface area (Å²) in [6, 6.07) is 0. The lowest BCUT2D eigenvalue weighted by Crippen LogP contribution is -2.51. The number of nitrogens with zero attached hydrogens (tertiary/aromatic N) is 5. The van der Waals surface area contributed by atoms with Gasteiger partial charge in [0.05, 0.1) is 7.11 Å². The maximum atomic E-state index is 12.7. The quantitative estimate of drug-likeness (QED) is 0.816. The molecule has 0 N–H and O–H groups in total. The number of hydrogen-bond acceptors (Lipinski definition) is 7. The van der Waals surface area contributed by atoms with Crippen molar-refractivity contribution in [2.45, 2.75) is 26.2 Å². The van der Waals surface area contributed by atoms with Crippen LogP contribution < -0.4 is 4.90 Å². The zero-order valence-electron chi connectivity index (χ0n) is 13.9. The number of hydroxylamine groups is 2. The Bertz CT molecular complexity index is 522. The fraction of sp³-hybridized carbons (Fsp3) is 0.800. The molecule has 1 aromatic rings. The Morgan fingerprint density at radius 1 is 1.22 bits per heavy atom. The number of piperazine rings is 1. The fourth-order valence-electron chi connectivity index (χ4n) is 3.18. The third-order valence-corrected chi connectivity index (χ3v) is 5.51. The second-order valence-corrected chi connectivity index (χ2v) is 6.78. The van der Waals surface area contributed by atoms with Gasteiger partial charge in [-0.15, -0.1) is 0 Å². The summed E-state index contributed by atoms with van der Waals surface area (Å²) in [4.78, 5) is 26.7. The van der Waals surface area contributed by atoms with Gasteiger partial charge >= 0.3 is 0 Å². The lowest BCUT2D eigenvalue weighted by Gasteiger charge is -2.38. The van der Waals surface area contributed by atoms with E-state index in [1.54, 1.807) is 7.11 Å². The molecule has 8 heteroatoms. The van der Waals surface area contributed by atoms with E-state index < -0.39 is 0 Å². The zero-order chi connectivity index (χ0) is 16.2. The van der Waals surface area contributed by atoms with Crippen LogP contribution in [-0.2, 0) is 16.1 Å². The summed E-state index contributed by atoms with van der Waals surface area (Å²) < 4.78 is 4.34. The molecule has 3 heterocycles. The molecule has 2 aliphatic rings. The summed E-state index contributed by atoms with van der Waals surface area (Å²) in [5, 5.41) is 2.92. The van der Waals surface area contributed by atoms with E-state index in [2.05, 4.69) is 21.2 Å². The van der Waals surface area contributed by atoms with Crippen LogP contribution in [0.25, 0.3) is 0 Å². The maximum absolute atomic E-state index is 12.7. The summed E-state index contributed by atoms with van der Waals surface area (Å²) in [5.41, 5.74) is 0. The van der Waals surface area contributed by atoms with Crippen molar-refractivity contribution in [2.24, 2.45) is 5.92 Å². The molecule has 0 saturated carbocycles. The van der Waals surface area contributed by atoms with Crippen LogP contribution in [0.5, 0.6) is 0 Å². The first-order valence-electron chi connectivity index (χ1n) is 8.36. The number of aryl methyl sites for hydroxylation is 1. The first-order valence-corrected chi connectivity index (χ1v) is 9.14. The second kappa shape index (κ2) is 7.55. The lowest BCUT2D eigenvalue weighted by atomic mass is 9.96. The van der Waals surface area contributed by atoms with Gasteiger partial charge in [-0.2, -0.15) is 9.44 Å². The highest BCUT2D eigenvalue weighted by atomic mass is 32.1. The molecular weight excluding hydrogens is 314 g/mol. The summed E-state index contributed by atoms with van der Waals surface area (Å²) in [5.74, 6) is 1.38. The fourth-order valence-corrected chi connectivity index (χ4v) is 3.98. The van der Waals surface area contributed by atoms with Crippen molar-refractivity contribution < 1.29 is 9.63 Å². The Morgan fingerprint density at radius 3 is 2.48 bits per heavy atom. The van der Waals surface area contributed by atoms with Gasteiger partial charge in [-0.1, -0.05) is 6.92 Å². The van der Waals surface area contributed by atoms with Gasteiger partial charge in [0, 0.05) is 63.1 Å². The van der Waals surface area contributed by atoms with Gasteiger partial charge in [0.2, 0.25) is 11.0 Å². The maximum Gasteiger partial charge on any atom is 0.225 e. The third kappa shape index (κ3) is 3.81. The Balaban J connectivity index is 1.49. The number of amides is 1. The minimum atomic E-state index is 0.154. The van der Waals surface area contributed by atoms with E-state index in [0.717, 1.165) is 69.5 Å². The average Bonchev–Trinajstić information content (AvgIpc) is 3.10. The van der Waals surface area contributed by atoms with Crippen LogP contribution in [0.3, 0.4) is 0 Å². The van der Waals surface area contributed by atoms with Crippen molar-refractivity contribution in [1.82, 2.24) is 19.3 Å². The van der Waals surface area contributed by atoms with Gasteiger partial charge in [-0.05, 0) is 12.8 Å². The molecule has 7 nitrogen and oxygen atoms in total. The Kier molecular flexibility index (Phi) is 5.45. The van der Waals surface area contributed by atoms with Crippen molar-refractivity contribution in [1.29, 1.82) is 0 Å². The molecule has 2 saturated heterocycles. The number of rotatable bonds is 4. The highest BCUT2D eigenvalue weighted by molar-refractivity contribution is 7.09. The first kappa shape index (κ1) is 16.6. The van der Waals surface area contributed by atoms with E-state index in [-0.39, 0.29) is 5.92 Å². The van der Waals surface area contributed by atoms with Crippen molar-refractivity contribution in [3.8, 4) is 0 Å². The minimum Gasteiger partial charge on any atom is -0.343 e. The summed E-state index contributed by atoms with van der Waals surface area (Å²) in [7, 11) is 1.69. The SMILES string of the molecule is CCc1nsc(N2CCN(C(=O)C3CCN(OC)CC3)CC2)n1. The van der Waals surface area contributed by atoms with E-state index >= 15 is 0 Å². The van der Waals surface area contributed by atoms with E-state index in [4.69, 9.17) is 4.84 Å². The second-order valence-electron chi connectivity index (χ2n) is 6.04. The van der Waals surface area contributed by atoms with Gasteiger partial charge in [0.1, 0.15) is 5.82 Å². The van der Waals surface area contributed by atoms with Crippen molar-refractivity contribution in [3.05, 3.63) is 5.82 Å². The van der Waals surface area contributed by atoms with Crippen LogP contribution >= 0.6 is 11.5 Å². The third-order valence-electron chi connectivity index (χ3n) is 4.70.